The van der Waals surface area contributed by atoms with Crippen LogP contribution in [-0.2, 0) is 11.2 Å². The molecule has 1 atom stereocenters. The highest BCUT2D eigenvalue weighted by molar-refractivity contribution is 7.07. The van der Waals surface area contributed by atoms with E-state index in [9.17, 15) is 0 Å². The van der Waals surface area contributed by atoms with Crippen LogP contribution in [-0.4, -0.2) is 25.3 Å². The van der Waals surface area contributed by atoms with Gasteiger partial charge in [0.2, 0.25) is 0 Å². The molecule has 0 bridgehead atoms. The molecule has 0 saturated heterocycles. The van der Waals surface area contributed by atoms with Gasteiger partial charge in [0, 0.05) is 13.2 Å². The molecular weight excluding hydrogens is 206 g/mol. The molecule has 0 saturated carbocycles. The lowest BCUT2D eigenvalue weighted by atomic mass is 9.93. The Kier molecular flexibility index (Phi) is 4.77. The molecule has 3 heteroatoms. The van der Waals surface area contributed by atoms with E-state index in [0.717, 1.165) is 13.0 Å². The second kappa shape index (κ2) is 5.64. The SMILES string of the molecule is CCNC(Cc1ccsc1)C(C)(C)OC. The molecule has 1 N–H and O–H groups in total. The number of likely N-dealkylation sites (N-methyl/N-ethyl adjacent to an activating group) is 1. The number of nitrogens with one attached hydrogen (secondary N) is 1. The largest absolute Gasteiger partial charge is 0.377 e. The minimum Gasteiger partial charge on any atom is -0.377 e. The average Bonchev–Trinajstić information content (AvgIpc) is 2.70. The molecule has 1 rings (SSSR count). The van der Waals surface area contributed by atoms with Crippen molar-refractivity contribution in [1.82, 2.24) is 5.32 Å². The summed E-state index contributed by atoms with van der Waals surface area (Å²) < 4.78 is 5.54. The predicted octanol–water partition coefficient (Wildman–Crippen LogP) is 2.69. The van der Waals surface area contributed by atoms with E-state index >= 15 is 0 Å². The second-order valence-electron chi connectivity index (χ2n) is 4.25. The lowest BCUT2D eigenvalue weighted by Gasteiger charge is -2.33. The van der Waals surface area contributed by atoms with Crippen molar-refractivity contribution in [3.8, 4) is 0 Å². The Morgan fingerprint density at radius 1 is 1.53 bits per heavy atom. The molecule has 15 heavy (non-hydrogen) atoms. The van der Waals surface area contributed by atoms with E-state index in [4.69, 9.17) is 4.74 Å². The lowest BCUT2D eigenvalue weighted by molar-refractivity contribution is -0.00957. The smallest absolute Gasteiger partial charge is 0.0778 e. The van der Waals surface area contributed by atoms with E-state index in [2.05, 4.69) is 42.9 Å². The van der Waals surface area contributed by atoms with Gasteiger partial charge in [-0.15, -0.1) is 0 Å². The Morgan fingerprint density at radius 3 is 2.73 bits per heavy atom. The van der Waals surface area contributed by atoms with Crippen LogP contribution in [0.3, 0.4) is 0 Å². The predicted molar refractivity (Wildman–Crippen MR) is 66.6 cm³/mol. The van der Waals surface area contributed by atoms with Gasteiger partial charge in [-0.1, -0.05) is 6.92 Å². The summed E-state index contributed by atoms with van der Waals surface area (Å²) in [6.45, 7) is 7.37. The van der Waals surface area contributed by atoms with Crippen LogP contribution in [0.1, 0.15) is 26.3 Å². The quantitative estimate of drug-likeness (QED) is 0.807. The molecule has 0 aromatic carbocycles. The van der Waals surface area contributed by atoms with Crippen molar-refractivity contribution in [1.29, 1.82) is 0 Å². The third kappa shape index (κ3) is 3.59. The molecule has 1 aromatic rings. The number of hydrogen-bond acceptors (Lipinski definition) is 3. The number of rotatable bonds is 6. The van der Waals surface area contributed by atoms with Gasteiger partial charge in [0.15, 0.2) is 0 Å². The fourth-order valence-electron chi connectivity index (χ4n) is 1.60. The molecule has 0 aliphatic rings. The van der Waals surface area contributed by atoms with Crippen LogP contribution in [0.2, 0.25) is 0 Å². The first-order valence-electron chi connectivity index (χ1n) is 5.39. The minimum atomic E-state index is -0.127. The summed E-state index contributed by atoms with van der Waals surface area (Å²) in [5.41, 5.74) is 1.26. The van der Waals surface area contributed by atoms with Gasteiger partial charge in [-0.25, -0.2) is 0 Å². The van der Waals surface area contributed by atoms with E-state index < -0.39 is 0 Å². The summed E-state index contributed by atoms with van der Waals surface area (Å²) >= 11 is 1.75. The van der Waals surface area contributed by atoms with E-state index in [1.807, 2.05) is 0 Å². The minimum absolute atomic E-state index is 0.127. The first kappa shape index (κ1) is 12.7. The van der Waals surface area contributed by atoms with E-state index in [0.29, 0.717) is 6.04 Å². The summed E-state index contributed by atoms with van der Waals surface area (Å²) in [6.07, 6.45) is 1.03. The van der Waals surface area contributed by atoms with E-state index in [1.165, 1.54) is 5.56 Å². The standard InChI is InChI=1S/C12H21NOS/c1-5-13-11(12(2,3)14-4)8-10-6-7-15-9-10/h6-7,9,11,13H,5,8H2,1-4H3. The zero-order chi connectivity index (χ0) is 11.3. The third-order valence-electron chi connectivity index (χ3n) is 2.84. The van der Waals surface area contributed by atoms with Crippen molar-refractivity contribution in [2.24, 2.45) is 0 Å². The van der Waals surface area contributed by atoms with Crippen LogP contribution in [0, 0.1) is 0 Å². The molecule has 0 amide bonds. The van der Waals surface area contributed by atoms with Crippen LogP contribution < -0.4 is 5.32 Å². The highest BCUT2D eigenvalue weighted by atomic mass is 32.1. The summed E-state index contributed by atoms with van der Waals surface area (Å²) in [7, 11) is 1.78. The Morgan fingerprint density at radius 2 is 2.27 bits per heavy atom. The maximum atomic E-state index is 5.54. The molecule has 2 nitrogen and oxygen atoms in total. The Balaban J connectivity index is 2.66. The fraction of sp³-hybridized carbons (Fsp3) is 0.667. The molecule has 86 valence electrons. The lowest BCUT2D eigenvalue weighted by Crippen LogP contribution is -2.49. The normalized spacial score (nSPS) is 14.1. The number of methoxy groups -OCH3 is 1. The van der Waals surface area contributed by atoms with E-state index in [-0.39, 0.29) is 5.60 Å². The molecule has 0 aliphatic heterocycles. The van der Waals surface area contributed by atoms with Crippen molar-refractivity contribution in [3.05, 3.63) is 22.4 Å². The summed E-state index contributed by atoms with van der Waals surface area (Å²) in [4.78, 5) is 0. The maximum absolute atomic E-state index is 5.54. The molecule has 0 fully saturated rings. The van der Waals surface area contributed by atoms with Crippen LogP contribution in [0.15, 0.2) is 16.8 Å². The molecule has 1 unspecified atom stereocenters. The van der Waals surface area contributed by atoms with Crippen LogP contribution in [0.4, 0.5) is 0 Å². The molecule has 0 radical (unpaired) electrons. The zero-order valence-corrected chi connectivity index (χ0v) is 10.9. The summed E-state index contributed by atoms with van der Waals surface area (Å²) in [5, 5.41) is 7.82. The van der Waals surface area contributed by atoms with Crippen LogP contribution in [0.25, 0.3) is 0 Å². The van der Waals surface area contributed by atoms with Crippen molar-refractivity contribution >= 4 is 11.3 Å². The Hall–Kier alpha value is -0.380. The van der Waals surface area contributed by atoms with Gasteiger partial charge in [0.05, 0.1) is 5.60 Å². The van der Waals surface area contributed by atoms with Crippen LogP contribution >= 0.6 is 11.3 Å². The second-order valence-corrected chi connectivity index (χ2v) is 5.03. The fourth-order valence-corrected chi connectivity index (χ4v) is 2.28. The van der Waals surface area contributed by atoms with Gasteiger partial charge in [-0.3, -0.25) is 0 Å². The monoisotopic (exact) mass is 227 g/mol. The zero-order valence-electron chi connectivity index (χ0n) is 10.0. The highest BCUT2D eigenvalue weighted by Crippen LogP contribution is 2.19. The Bertz CT molecular complexity index is 269. The molecular formula is C12H21NOS. The van der Waals surface area contributed by atoms with Gasteiger partial charge in [-0.05, 0) is 49.2 Å². The van der Waals surface area contributed by atoms with Gasteiger partial charge in [-0.2, -0.15) is 11.3 Å². The number of thiophene rings is 1. The van der Waals surface area contributed by atoms with Crippen LogP contribution in [0.5, 0.6) is 0 Å². The van der Waals surface area contributed by atoms with E-state index in [1.54, 1.807) is 18.4 Å². The van der Waals surface area contributed by atoms with Crippen molar-refractivity contribution in [2.75, 3.05) is 13.7 Å². The first-order chi connectivity index (χ1) is 7.10. The van der Waals surface area contributed by atoms with Gasteiger partial charge >= 0.3 is 0 Å². The van der Waals surface area contributed by atoms with Gasteiger partial charge in [0.1, 0.15) is 0 Å². The molecule has 1 heterocycles. The highest BCUT2D eigenvalue weighted by Gasteiger charge is 2.28. The van der Waals surface area contributed by atoms with Gasteiger partial charge in [0.25, 0.3) is 0 Å². The molecule has 0 aliphatic carbocycles. The van der Waals surface area contributed by atoms with Crippen molar-refractivity contribution in [3.63, 3.8) is 0 Å². The van der Waals surface area contributed by atoms with Crippen molar-refractivity contribution < 1.29 is 4.74 Å². The first-order valence-corrected chi connectivity index (χ1v) is 6.34. The Labute approximate surface area is 96.7 Å². The summed E-state index contributed by atoms with van der Waals surface area (Å²) in [6, 6.07) is 2.54. The summed E-state index contributed by atoms with van der Waals surface area (Å²) in [5.74, 6) is 0. The van der Waals surface area contributed by atoms with Crippen molar-refractivity contribution in [2.45, 2.75) is 38.8 Å². The average molecular weight is 227 g/mol. The maximum Gasteiger partial charge on any atom is 0.0778 e. The number of ether oxygens (including phenoxy) is 1. The number of hydrogen-bond donors (Lipinski definition) is 1. The molecule has 1 aromatic heterocycles. The topological polar surface area (TPSA) is 21.3 Å². The molecule has 0 spiro atoms. The third-order valence-corrected chi connectivity index (χ3v) is 3.57. The van der Waals surface area contributed by atoms with Gasteiger partial charge < -0.3 is 10.1 Å².